The second kappa shape index (κ2) is 3.76. The van der Waals surface area contributed by atoms with Crippen LogP contribution in [0.4, 0.5) is 0 Å². The van der Waals surface area contributed by atoms with Gasteiger partial charge in [0.1, 0.15) is 5.78 Å². The highest BCUT2D eigenvalue weighted by atomic mass is 16.5. The number of nitrogens with zero attached hydrogens (tertiary/aromatic N) is 1. The summed E-state index contributed by atoms with van der Waals surface area (Å²) >= 11 is 0. The minimum Gasteiger partial charge on any atom is -0.379 e. The van der Waals surface area contributed by atoms with Gasteiger partial charge in [0, 0.05) is 18.5 Å². The van der Waals surface area contributed by atoms with Crippen LogP contribution in [0, 0.1) is 5.92 Å². The van der Waals surface area contributed by atoms with E-state index in [0.717, 1.165) is 32.6 Å². The van der Waals surface area contributed by atoms with Gasteiger partial charge >= 0.3 is 0 Å². The number of ether oxygens (including phenoxy) is 1. The van der Waals surface area contributed by atoms with E-state index in [0.29, 0.717) is 24.3 Å². The van der Waals surface area contributed by atoms with Crippen molar-refractivity contribution in [1.29, 1.82) is 0 Å². The molecule has 74 valence electrons. The molecule has 1 aliphatic heterocycles. The molecule has 3 nitrogen and oxygen atoms in total. The zero-order valence-corrected chi connectivity index (χ0v) is 8.16. The van der Waals surface area contributed by atoms with Gasteiger partial charge in [-0.3, -0.25) is 9.69 Å². The fraction of sp³-hybridized carbons (Fsp3) is 0.900. The van der Waals surface area contributed by atoms with Crippen LogP contribution in [0.15, 0.2) is 0 Å². The van der Waals surface area contributed by atoms with E-state index < -0.39 is 0 Å². The topological polar surface area (TPSA) is 29.5 Å². The number of carbonyl (C=O) groups excluding carboxylic acids is 1. The molecule has 0 aromatic carbocycles. The van der Waals surface area contributed by atoms with Crippen LogP contribution in [-0.2, 0) is 9.53 Å². The molecule has 0 N–H and O–H groups in total. The van der Waals surface area contributed by atoms with E-state index in [4.69, 9.17) is 4.74 Å². The molecule has 3 heteroatoms. The quantitative estimate of drug-likeness (QED) is 0.644. The molecular formula is C10H17NO2. The Hall–Kier alpha value is -0.410. The summed E-state index contributed by atoms with van der Waals surface area (Å²) in [6, 6.07) is 0.413. The van der Waals surface area contributed by atoms with Crippen molar-refractivity contribution in [2.45, 2.75) is 25.8 Å². The molecule has 1 atom stereocenters. The van der Waals surface area contributed by atoms with Crippen LogP contribution in [-0.4, -0.2) is 43.0 Å². The van der Waals surface area contributed by atoms with Crippen molar-refractivity contribution in [2.24, 2.45) is 5.92 Å². The van der Waals surface area contributed by atoms with Crippen molar-refractivity contribution in [2.75, 3.05) is 26.3 Å². The smallest absolute Gasteiger partial charge is 0.149 e. The second-order valence-electron chi connectivity index (χ2n) is 4.13. The van der Waals surface area contributed by atoms with E-state index in [1.54, 1.807) is 0 Å². The predicted octanol–water partition coefficient (Wildman–Crippen LogP) is 0.686. The molecule has 13 heavy (non-hydrogen) atoms. The van der Waals surface area contributed by atoms with Crippen LogP contribution in [0.1, 0.15) is 19.8 Å². The summed E-state index contributed by atoms with van der Waals surface area (Å²) in [4.78, 5) is 13.8. The zero-order valence-electron chi connectivity index (χ0n) is 8.16. The lowest BCUT2D eigenvalue weighted by Crippen LogP contribution is -2.46. The van der Waals surface area contributed by atoms with Crippen LogP contribution >= 0.6 is 0 Å². The summed E-state index contributed by atoms with van der Waals surface area (Å²) in [7, 11) is 0. The highest BCUT2D eigenvalue weighted by Gasteiger charge is 2.31. The molecule has 2 rings (SSSR count). The van der Waals surface area contributed by atoms with Gasteiger partial charge in [-0.1, -0.05) is 0 Å². The van der Waals surface area contributed by atoms with Gasteiger partial charge < -0.3 is 4.74 Å². The first-order valence-corrected chi connectivity index (χ1v) is 5.12. The number of hydrogen-bond acceptors (Lipinski definition) is 3. The van der Waals surface area contributed by atoms with E-state index >= 15 is 0 Å². The van der Waals surface area contributed by atoms with Crippen molar-refractivity contribution >= 4 is 5.78 Å². The van der Waals surface area contributed by atoms with E-state index in [-0.39, 0.29) is 0 Å². The average molecular weight is 183 g/mol. The lowest BCUT2D eigenvalue weighted by molar-refractivity contribution is -0.123. The Bertz CT molecular complexity index is 201. The minimum absolute atomic E-state index is 0.398. The molecule has 0 bridgehead atoms. The molecule has 1 aliphatic carbocycles. The normalized spacial score (nSPS) is 30.4. The first-order chi connectivity index (χ1) is 6.27. The van der Waals surface area contributed by atoms with Gasteiger partial charge in [-0.05, 0) is 19.8 Å². The van der Waals surface area contributed by atoms with Crippen molar-refractivity contribution < 1.29 is 9.53 Å². The van der Waals surface area contributed by atoms with Crippen LogP contribution in [0.5, 0.6) is 0 Å². The van der Waals surface area contributed by atoms with Crippen molar-refractivity contribution in [3.05, 3.63) is 0 Å². The van der Waals surface area contributed by atoms with E-state index in [1.165, 1.54) is 0 Å². The van der Waals surface area contributed by atoms with Crippen LogP contribution in [0.3, 0.4) is 0 Å². The third-order valence-electron chi connectivity index (χ3n) is 2.90. The number of ketones is 1. The summed E-state index contributed by atoms with van der Waals surface area (Å²) in [5.41, 5.74) is 0. The Morgan fingerprint density at radius 1 is 1.54 bits per heavy atom. The molecule has 1 unspecified atom stereocenters. The van der Waals surface area contributed by atoms with Crippen molar-refractivity contribution in [3.63, 3.8) is 0 Å². The molecule has 2 aliphatic rings. The molecule has 1 heterocycles. The Labute approximate surface area is 79.0 Å². The van der Waals surface area contributed by atoms with E-state index in [9.17, 15) is 4.79 Å². The molecule has 0 aromatic heterocycles. The predicted molar refractivity (Wildman–Crippen MR) is 49.6 cm³/mol. The largest absolute Gasteiger partial charge is 0.379 e. The van der Waals surface area contributed by atoms with Crippen LogP contribution in [0.2, 0.25) is 0 Å². The van der Waals surface area contributed by atoms with E-state index in [1.807, 2.05) is 0 Å². The van der Waals surface area contributed by atoms with Gasteiger partial charge in [-0.15, -0.1) is 0 Å². The molecule has 1 saturated carbocycles. The van der Waals surface area contributed by atoms with Gasteiger partial charge in [0.2, 0.25) is 0 Å². The first kappa shape index (κ1) is 9.16. The maximum Gasteiger partial charge on any atom is 0.149 e. The Balaban J connectivity index is 1.81. The Morgan fingerprint density at radius 2 is 2.31 bits per heavy atom. The fourth-order valence-electron chi connectivity index (χ4n) is 1.73. The standard InChI is InChI=1S/C10H17NO2/c1-8-7-13-5-4-11(8)6-10(12)9-2-3-9/h8-9H,2-7H2,1H3. The lowest BCUT2D eigenvalue weighted by atomic mass is 10.2. The van der Waals surface area contributed by atoms with Gasteiger partial charge in [-0.25, -0.2) is 0 Å². The third kappa shape index (κ3) is 2.29. The number of hydrogen-bond donors (Lipinski definition) is 0. The minimum atomic E-state index is 0.398. The third-order valence-corrected chi connectivity index (χ3v) is 2.90. The monoisotopic (exact) mass is 183 g/mol. The molecule has 2 fully saturated rings. The van der Waals surface area contributed by atoms with Gasteiger partial charge in [0.15, 0.2) is 0 Å². The molecular weight excluding hydrogens is 166 g/mol. The summed E-state index contributed by atoms with van der Waals surface area (Å²) in [6.07, 6.45) is 2.25. The summed E-state index contributed by atoms with van der Waals surface area (Å²) in [5, 5.41) is 0. The van der Waals surface area contributed by atoms with Gasteiger partial charge in [0.25, 0.3) is 0 Å². The lowest BCUT2D eigenvalue weighted by Gasteiger charge is -2.32. The number of rotatable bonds is 3. The number of Topliss-reactive ketones (excluding diaryl/α,β-unsaturated/α-hetero) is 1. The maximum atomic E-state index is 11.5. The number of morpholine rings is 1. The highest BCUT2D eigenvalue weighted by Crippen LogP contribution is 2.30. The fourth-order valence-corrected chi connectivity index (χ4v) is 1.73. The van der Waals surface area contributed by atoms with Crippen molar-refractivity contribution in [1.82, 2.24) is 4.90 Å². The summed E-state index contributed by atoms with van der Waals surface area (Å²) < 4.78 is 5.32. The highest BCUT2D eigenvalue weighted by molar-refractivity contribution is 5.85. The van der Waals surface area contributed by atoms with Crippen LogP contribution in [0.25, 0.3) is 0 Å². The molecule has 1 saturated heterocycles. The second-order valence-corrected chi connectivity index (χ2v) is 4.13. The molecule has 0 amide bonds. The Morgan fingerprint density at radius 3 is 2.92 bits per heavy atom. The zero-order chi connectivity index (χ0) is 9.26. The average Bonchev–Trinajstić information content (AvgIpc) is 2.91. The van der Waals surface area contributed by atoms with Gasteiger partial charge in [0.05, 0.1) is 19.8 Å². The SMILES string of the molecule is CC1COCCN1CC(=O)C1CC1. The molecule has 0 radical (unpaired) electrons. The molecule has 0 aromatic rings. The van der Waals surface area contributed by atoms with Gasteiger partial charge in [-0.2, -0.15) is 0 Å². The maximum absolute atomic E-state index is 11.5. The summed E-state index contributed by atoms with van der Waals surface area (Å²) in [5.74, 6) is 0.837. The van der Waals surface area contributed by atoms with Crippen molar-refractivity contribution in [3.8, 4) is 0 Å². The summed E-state index contributed by atoms with van der Waals surface area (Å²) in [6.45, 7) is 5.24. The Kier molecular flexibility index (Phi) is 2.65. The number of carbonyl (C=O) groups is 1. The first-order valence-electron chi connectivity index (χ1n) is 5.12. The molecule has 0 spiro atoms. The van der Waals surface area contributed by atoms with Crippen LogP contribution < -0.4 is 0 Å². The van der Waals surface area contributed by atoms with E-state index in [2.05, 4.69) is 11.8 Å².